The molecule has 0 amide bonds. The van der Waals surface area contributed by atoms with Crippen molar-refractivity contribution >= 4 is 9.84 Å². The van der Waals surface area contributed by atoms with Crippen LogP contribution in [0.3, 0.4) is 0 Å². The van der Waals surface area contributed by atoms with Crippen molar-refractivity contribution in [1.82, 2.24) is 5.43 Å². The van der Waals surface area contributed by atoms with E-state index in [4.69, 9.17) is 10.6 Å². The van der Waals surface area contributed by atoms with Crippen LogP contribution in [0.5, 0.6) is 0 Å². The van der Waals surface area contributed by atoms with E-state index in [1.54, 1.807) is 7.11 Å². The van der Waals surface area contributed by atoms with Gasteiger partial charge in [0, 0.05) is 13.4 Å². The van der Waals surface area contributed by atoms with Crippen molar-refractivity contribution in [3.63, 3.8) is 0 Å². The second kappa shape index (κ2) is 6.13. The first-order chi connectivity index (χ1) is 7.93. The first-order valence-corrected chi connectivity index (χ1v) is 8.18. The molecule has 6 heteroatoms. The second-order valence-electron chi connectivity index (χ2n) is 4.97. The largest absolute Gasteiger partial charge is 0.377 e. The molecule has 1 rings (SSSR count). The molecule has 3 N–H and O–H groups in total. The number of sulfone groups is 1. The third kappa shape index (κ3) is 4.21. The van der Waals surface area contributed by atoms with Gasteiger partial charge in [0.15, 0.2) is 0 Å². The Labute approximate surface area is 104 Å². The lowest BCUT2D eigenvalue weighted by atomic mass is 9.78. The number of hydrazine groups is 1. The lowest BCUT2D eigenvalue weighted by Crippen LogP contribution is -2.56. The smallest absolute Gasteiger partial charge is 0.147 e. The number of hydrogen-bond acceptors (Lipinski definition) is 5. The molecule has 17 heavy (non-hydrogen) atoms. The van der Waals surface area contributed by atoms with Gasteiger partial charge in [-0.1, -0.05) is 19.3 Å². The van der Waals surface area contributed by atoms with Crippen molar-refractivity contribution in [2.45, 2.75) is 50.2 Å². The Balaban J connectivity index is 2.68. The van der Waals surface area contributed by atoms with E-state index in [-0.39, 0.29) is 17.4 Å². The van der Waals surface area contributed by atoms with E-state index < -0.39 is 9.84 Å². The van der Waals surface area contributed by atoms with E-state index in [2.05, 4.69) is 5.43 Å². The van der Waals surface area contributed by atoms with Crippen molar-refractivity contribution < 1.29 is 13.2 Å². The molecule has 0 aromatic heterocycles. The minimum Gasteiger partial charge on any atom is -0.377 e. The van der Waals surface area contributed by atoms with Crippen LogP contribution >= 0.6 is 0 Å². The van der Waals surface area contributed by atoms with Crippen molar-refractivity contribution in [3.05, 3.63) is 0 Å². The van der Waals surface area contributed by atoms with Crippen LogP contribution in [0.15, 0.2) is 0 Å². The average molecular weight is 264 g/mol. The molecule has 0 spiro atoms. The molecule has 0 saturated heterocycles. The highest BCUT2D eigenvalue weighted by Crippen LogP contribution is 2.35. The molecule has 0 aliphatic heterocycles. The van der Waals surface area contributed by atoms with Crippen molar-refractivity contribution in [2.75, 3.05) is 19.1 Å². The summed E-state index contributed by atoms with van der Waals surface area (Å²) in [7, 11) is -1.26. The van der Waals surface area contributed by atoms with Crippen LogP contribution in [0.1, 0.15) is 38.5 Å². The Kier molecular flexibility index (Phi) is 5.37. The number of nitrogens with two attached hydrogens (primary N) is 1. The summed E-state index contributed by atoms with van der Waals surface area (Å²) in [6.07, 6.45) is 7.10. The Morgan fingerprint density at radius 1 is 1.35 bits per heavy atom. The summed E-state index contributed by atoms with van der Waals surface area (Å²) in [4.78, 5) is 0. The highest BCUT2D eigenvalue weighted by molar-refractivity contribution is 7.90. The van der Waals surface area contributed by atoms with Gasteiger partial charge < -0.3 is 4.74 Å². The molecule has 1 fully saturated rings. The predicted molar refractivity (Wildman–Crippen MR) is 68.3 cm³/mol. The average Bonchev–Trinajstić information content (AvgIpc) is 2.29. The number of ether oxygens (including phenoxy) is 1. The van der Waals surface area contributed by atoms with Gasteiger partial charge in [0.1, 0.15) is 9.84 Å². The number of rotatable bonds is 6. The van der Waals surface area contributed by atoms with Gasteiger partial charge in [0.05, 0.1) is 17.4 Å². The van der Waals surface area contributed by atoms with Gasteiger partial charge >= 0.3 is 0 Å². The van der Waals surface area contributed by atoms with Crippen LogP contribution in [-0.4, -0.2) is 39.2 Å². The van der Waals surface area contributed by atoms with Crippen molar-refractivity contribution in [2.24, 2.45) is 5.84 Å². The minimum absolute atomic E-state index is 0.0949. The summed E-state index contributed by atoms with van der Waals surface area (Å²) in [5.41, 5.74) is 2.45. The molecule has 1 aliphatic carbocycles. The Morgan fingerprint density at radius 2 is 1.94 bits per heavy atom. The van der Waals surface area contributed by atoms with Gasteiger partial charge in [0.25, 0.3) is 0 Å². The third-order valence-electron chi connectivity index (χ3n) is 3.72. The molecule has 1 aliphatic rings. The Bertz CT molecular complexity index is 324. The van der Waals surface area contributed by atoms with Crippen LogP contribution in [0, 0.1) is 0 Å². The van der Waals surface area contributed by atoms with Crippen LogP contribution in [0.2, 0.25) is 0 Å². The summed E-state index contributed by atoms with van der Waals surface area (Å²) >= 11 is 0. The predicted octanol–water partition coefficient (Wildman–Crippen LogP) is 0.602. The third-order valence-corrected chi connectivity index (χ3v) is 4.70. The fraction of sp³-hybridized carbons (Fsp3) is 1.00. The van der Waals surface area contributed by atoms with Gasteiger partial charge in [0.2, 0.25) is 0 Å². The second-order valence-corrected chi connectivity index (χ2v) is 7.23. The maximum Gasteiger partial charge on any atom is 0.147 e. The van der Waals surface area contributed by atoms with E-state index in [1.807, 2.05) is 0 Å². The summed E-state index contributed by atoms with van der Waals surface area (Å²) in [6, 6.07) is -0.0949. The number of nitrogens with one attached hydrogen (secondary N) is 1. The lowest BCUT2D eigenvalue weighted by Gasteiger charge is -2.42. The van der Waals surface area contributed by atoms with Gasteiger partial charge in [-0.05, 0) is 19.3 Å². The molecule has 1 unspecified atom stereocenters. The number of hydrogen-bond donors (Lipinski definition) is 2. The molecule has 0 aromatic carbocycles. The summed E-state index contributed by atoms with van der Waals surface area (Å²) in [5.74, 6) is 5.71. The maximum absolute atomic E-state index is 11.2. The first kappa shape index (κ1) is 14.9. The minimum atomic E-state index is -2.95. The van der Waals surface area contributed by atoms with Gasteiger partial charge in [-0.15, -0.1) is 0 Å². The monoisotopic (exact) mass is 264 g/mol. The topological polar surface area (TPSA) is 81.4 Å². The zero-order valence-corrected chi connectivity index (χ0v) is 11.6. The van der Waals surface area contributed by atoms with E-state index in [1.165, 1.54) is 12.7 Å². The Hall–Kier alpha value is -0.170. The summed E-state index contributed by atoms with van der Waals surface area (Å²) < 4.78 is 28.1. The zero-order valence-electron chi connectivity index (χ0n) is 10.7. The van der Waals surface area contributed by atoms with E-state index in [0.29, 0.717) is 6.42 Å². The van der Waals surface area contributed by atoms with E-state index in [0.717, 1.165) is 25.7 Å². The quantitative estimate of drug-likeness (QED) is 0.542. The molecule has 0 radical (unpaired) electrons. The molecule has 1 atom stereocenters. The molecule has 1 saturated carbocycles. The lowest BCUT2D eigenvalue weighted by molar-refractivity contribution is -0.0680. The fourth-order valence-corrected chi connectivity index (χ4v) is 3.34. The maximum atomic E-state index is 11.2. The van der Waals surface area contributed by atoms with Crippen LogP contribution in [0.4, 0.5) is 0 Å². The fourth-order valence-electron chi connectivity index (χ4n) is 2.68. The summed E-state index contributed by atoms with van der Waals surface area (Å²) in [5, 5.41) is 0. The highest BCUT2D eigenvalue weighted by Gasteiger charge is 2.39. The standard InChI is InChI=1S/C11H24N2O3S/c1-16-11(7-4-3-5-8-11)10(13-12)6-9-17(2,14)15/h10,13H,3-9,12H2,1-2H3. The SMILES string of the molecule is COC1(C(CCS(C)(=O)=O)NN)CCCCC1. The van der Waals surface area contributed by atoms with E-state index >= 15 is 0 Å². The van der Waals surface area contributed by atoms with Gasteiger partial charge in [-0.25, -0.2) is 8.42 Å². The molecular formula is C11H24N2O3S. The normalized spacial score (nSPS) is 22.3. The van der Waals surface area contributed by atoms with Gasteiger partial charge in [-0.3, -0.25) is 11.3 Å². The van der Waals surface area contributed by atoms with Crippen molar-refractivity contribution in [1.29, 1.82) is 0 Å². The van der Waals surface area contributed by atoms with E-state index in [9.17, 15) is 8.42 Å². The first-order valence-electron chi connectivity index (χ1n) is 6.12. The van der Waals surface area contributed by atoms with Crippen LogP contribution in [-0.2, 0) is 14.6 Å². The van der Waals surface area contributed by atoms with Crippen LogP contribution < -0.4 is 11.3 Å². The Morgan fingerprint density at radius 3 is 2.35 bits per heavy atom. The molecular weight excluding hydrogens is 240 g/mol. The number of methoxy groups -OCH3 is 1. The van der Waals surface area contributed by atoms with Gasteiger partial charge in [-0.2, -0.15) is 0 Å². The van der Waals surface area contributed by atoms with Crippen LogP contribution in [0.25, 0.3) is 0 Å². The molecule has 102 valence electrons. The molecule has 0 aromatic rings. The van der Waals surface area contributed by atoms with Crippen molar-refractivity contribution in [3.8, 4) is 0 Å². The zero-order chi connectivity index (χ0) is 12.9. The molecule has 5 nitrogen and oxygen atoms in total. The summed E-state index contributed by atoms with van der Waals surface area (Å²) in [6.45, 7) is 0. The molecule has 0 bridgehead atoms. The molecule has 0 heterocycles. The highest BCUT2D eigenvalue weighted by atomic mass is 32.2.